The third kappa shape index (κ3) is 4.01. The molecule has 2 aromatic carbocycles. The molecule has 0 radical (unpaired) electrons. The fourth-order valence-corrected chi connectivity index (χ4v) is 5.08. The highest BCUT2D eigenvalue weighted by Gasteiger charge is 2.28. The Hall–Kier alpha value is -3.78. The van der Waals surface area contributed by atoms with Crippen molar-refractivity contribution < 1.29 is 9.53 Å². The van der Waals surface area contributed by atoms with Gasteiger partial charge in [0.05, 0.1) is 24.9 Å². The van der Waals surface area contributed by atoms with Crippen molar-refractivity contribution in [2.24, 2.45) is 0 Å². The predicted molar refractivity (Wildman–Crippen MR) is 131 cm³/mol. The van der Waals surface area contributed by atoms with Gasteiger partial charge in [-0.3, -0.25) is 9.59 Å². The second-order valence-corrected chi connectivity index (χ2v) is 9.03. The molecule has 2 aromatic heterocycles. The first-order chi connectivity index (χ1) is 16.6. The van der Waals surface area contributed by atoms with Gasteiger partial charge < -0.3 is 14.2 Å². The van der Waals surface area contributed by atoms with Crippen molar-refractivity contribution in [2.75, 3.05) is 13.7 Å². The molecule has 34 heavy (non-hydrogen) atoms. The van der Waals surface area contributed by atoms with E-state index < -0.39 is 0 Å². The predicted octanol–water partition coefficient (Wildman–Crippen LogP) is 3.93. The molecule has 0 saturated heterocycles. The van der Waals surface area contributed by atoms with Gasteiger partial charge in [-0.2, -0.15) is 0 Å². The number of benzene rings is 2. The molecule has 0 unspecified atom stereocenters. The monoisotopic (exact) mass is 472 g/mol. The second kappa shape index (κ2) is 9.23. The standard InChI is InChI=1S/C26H24N4O3S/c1-17-24(34-28-27-17)26(32)29-13-12-22-19(16-29)14-21(20-10-6-7-11-23(20)33-2)25(31)30(22)15-18-8-4-3-5-9-18/h3-11,14H,12-13,15-16H2,1-2H3. The number of nitrogens with zero attached hydrogens (tertiary/aromatic N) is 4. The SMILES string of the molecule is COc1ccccc1-c1cc2c(n(Cc3ccccc3)c1=O)CCN(C(=O)c1snnc1C)C2. The molecule has 3 heterocycles. The number of hydrogen-bond donors (Lipinski definition) is 0. The summed E-state index contributed by atoms with van der Waals surface area (Å²) in [5, 5.41) is 3.98. The van der Waals surface area contributed by atoms with E-state index in [1.165, 1.54) is 0 Å². The molecule has 0 aliphatic carbocycles. The molecule has 8 heteroatoms. The molecule has 5 rings (SSSR count). The Morgan fingerprint density at radius 1 is 1.09 bits per heavy atom. The number of carbonyl (C=O) groups is 1. The summed E-state index contributed by atoms with van der Waals surface area (Å²) in [4.78, 5) is 29.3. The molecule has 0 bridgehead atoms. The maximum absolute atomic E-state index is 13.8. The average Bonchev–Trinajstić information content (AvgIpc) is 3.31. The van der Waals surface area contributed by atoms with Gasteiger partial charge >= 0.3 is 0 Å². The van der Waals surface area contributed by atoms with Crippen LogP contribution in [0, 0.1) is 6.92 Å². The van der Waals surface area contributed by atoms with Crippen LogP contribution in [0.25, 0.3) is 11.1 Å². The van der Waals surface area contributed by atoms with Crippen molar-refractivity contribution >= 4 is 17.4 Å². The van der Waals surface area contributed by atoms with Crippen molar-refractivity contribution in [1.29, 1.82) is 0 Å². The largest absolute Gasteiger partial charge is 0.496 e. The Bertz CT molecular complexity index is 1410. The van der Waals surface area contributed by atoms with Crippen LogP contribution in [0.4, 0.5) is 0 Å². The van der Waals surface area contributed by atoms with E-state index in [2.05, 4.69) is 9.59 Å². The summed E-state index contributed by atoms with van der Waals surface area (Å²) in [5.74, 6) is 0.568. The third-order valence-electron chi connectivity index (χ3n) is 6.18. The average molecular weight is 473 g/mol. The van der Waals surface area contributed by atoms with Crippen molar-refractivity contribution in [3.63, 3.8) is 0 Å². The fourth-order valence-electron chi connectivity index (χ4n) is 4.46. The lowest BCUT2D eigenvalue weighted by molar-refractivity contribution is 0.0736. The van der Waals surface area contributed by atoms with Gasteiger partial charge in [0.15, 0.2) is 0 Å². The normalized spacial score (nSPS) is 12.9. The van der Waals surface area contributed by atoms with E-state index in [1.807, 2.05) is 70.1 Å². The first-order valence-electron chi connectivity index (χ1n) is 11.1. The molecule has 0 atom stereocenters. The van der Waals surface area contributed by atoms with Crippen LogP contribution in [0.15, 0.2) is 65.5 Å². The zero-order chi connectivity index (χ0) is 23.7. The Labute approximate surface area is 201 Å². The van der Waals surface area contributed by atoms with E-state index in [-0.39, 0.29) is 11.5 Å². The lowest BCUT2D eigenvalue weighted by atomic mass is 9.98. The topological polar surface area (TPSA) is 77.3 Å². The van der Waals surface area contributed by atoms with E-state index in [4.69, 9.17) is 4.74 Å². The van der Waals surface area contributed by atoms with Crippen LogP contribution >= 0.6 is 11.5 Å². The Balaban J connectivity index is 1.62. The lowest BCUT2D eigenvalue weighted by Gasteiger charge is -2.31. The fraction of sp³-hybridized carbons (Fsp3) is 0.231. The number of hydrogen-bond acceptors (Lipinski definition) is 6. The van der Waals surface area contributed by atoms with Gasteiger partial charge in [0.2, 0.25) is 0 Å². The van der Waals surface area contributed by atoms with Gasteiger partial charge in [0.25, 0.3) is 11.5 Å². The molecular formula is C26H24N4O3S. The van der Waals surface area contributed by atoms with Crippen LogP contribution in [0.3, 0.4) is 0 Å². The summed E-state index contributed by atoms with van der Waals surface area (Å²) < 4.78 is 11.3. The summed E-state index contributed by atoms with van der Waals surface area (Å²) in [6, 6.07) is 19.4. The van der Waals surface area contributed by atoms with Crippen molar-refractivity contribution in [3.8, 4) is 16.9 Å². The molecule has 4 aromatic rings. The number of amides is 1. The summed E-state index contributed by atoms with van der Waals surface area (Å²) in [7, 11) is 1.60. The highest BCUT2D eigenvalue weighted by molar-refractivity contribution is 7.07. The Morgan fingerprint density at radius 3 is 2.59 bits per heavy atom. The molecule has 0 spiro atoms. The molecule has 172 valence electrons. The van der Waals surface area contributed by atoms with E-state index in [0.29, 0.717) is 47.9 Å². The number of rotatable bonds is 5. The molecule has 1 aliphatic heterocycles. The van der Waals surface area contributed by atoms with E-state index in [9.17, 15) is 9.59 Å². The van der Waals surface area contributed by atoms with Crippen LogP contribution in [0.2, 0.25) is 0 Å². The molecule has 7 nitrogen and oxygen atoms in total. The lowest BCUT2D eigenvalue weighted by Crippen LogP contribution is -2.39. The third-order valence-corrected chi connectivity index (χ3v) is 7.00. The Kier molecular flexibility index (Phi) is 5.98. The van der Waals surface area contributed by atoms with Crippen LogP contribution in [0.1, 0.15) is 32.2 Å². The number of aryl methyl sites for hydroxylation is 1. The number of ether oxygens (including phenoxy) is 1. The van der Waals surface area contributed by atoms with Gasteiger partial charge in [-0.1, -0.05) is 53.0 Å². The molecular weight excluding hydrogens is 448 g/mol. The molecule has 1 aliphatic rings. The zero-order valence-electron chi connectivity index (χ0n) is 19.0. The summed E-state index contributed by atoms with van der Waals surface area (Å²) in [5.41, 5.74) is 4.87. The maximum Gasteiger partial charge on any atom is 0.267 e. The van der Waals surface area contributed by atoms with Crippen LogP contribution in [0.5, 0.6) is 5.75 Å². The minimum atomic E-state index is -0.0715. The van der Waals surface area contributed by atoms with Gasteiger partial charge in [0, 0.05) is 30.8 Å². The zero-order valence-corrected chi connectivity index (χ0v) is 19.8. The van der Waals surface area contributed by atoms with E-state index in [0.717, 1.165) is 33.9 Å². The van der Waals surface area contributed by atoms with Gasteiger partial charge in [-0.15, -0.1) is 5.10 Å². The van der Waals surface area contributed by atoms with Crippen LogP contribution in [-0.2, 0) is 19.5 Å². The molecule has 0 N–H and O–H groups in total. The Morgan fingerprint density at radius 2 is 1.85 bits per heavy atom. The second-order valence-electron chi connectivity index (χ2n) is 8.27. The summed E-state index contributed by atoms with van der Waals surface area (Å²) >= 11 is 1.12. The minimum Gasteiger partial charge on any atom is -0.496 e. The van der Waals surface area contributed by atoms with Gasteiger partial charge in [0.1, 0.15) is 10.6 Å². The number of carbonyl (C=O) groups excluding carboxylic acids is 1. The van der Waals surface area contributed by atoms with Crippen LogP contribution in [-0.4, -0.2) is 38.6 Å². The van der Waals surface area contributed by atoms with E-state index >= 15 is 0 Å². The number of aromatic nitrogens is 3. The number of para-hydroxylation sites is 1. The number of fused-ring (bicyclic) bond motifs is 1. The first-order valence-corrected chi connectivity index (χ1v) is 11.8. The smallest absolute Gasteiger partial charge is 0.267 e. The minimum absolute atomic E-state index is 0.0608. The summed E-state index contributed by atoms with van der Waals surface area (Å²) in [6.07, 6.45) is 0.598. The van der Waals surface area contributed by atoms with Crippen molar-refractivity contribution in [2.45, 2.75) is 26.4 Å². The van der Waals surface area contributed by atoms with Gasteiger partial charge in [-0.25, -0.2) is 0 Å². The summed E-state index contributed by atoms with van der Waals surface area (Å²) in [6.45, 7) is 3.22. The van der Waals surface area contributed by atoms with Crippen molar-refractivity contribution in [3.05, 3.63) is 98.4 Å². The highest BCUT2D eigenvalue weighted by atomic mass is 32.1. The molecule has 0 fully saturated rings. The quantitative estimate of drug-likeness (QED) is 0.440. The number of methoxy groups -OCH3 is 1. The first kappa shape index (κ1) is 22.0. The maximum atomic E-state index is 13.8. The number of pyridine rings is 1. The molecule has 0 saturated carbocycles. The van der Waals surface area contributed by atoms with Crippen molar-refractivity contribution in [1.82, 2.24) is 19.1 Å². The van der Waals surface area contributed by atoms with E-state index in [1.54, 1.807) is 14.0 Å². The van der Waals surface area contributed by atoms with Crippen LogP contribution < -0.4 is 10.3 Å². The highest BCUT2D eigenvalue weighted by Crippen LogP contribution is 2.31. The van der Waals surface area contributed by atoms with Gasteiger partial charge in [-0.05, 0) is 41.7 Å². The molecule has 1 amide bonds.